The highest BCUT2D eigenvalue weighted by atomic mass is 35.5. The number of nitrogen functional groups attached to an aromatic ring is 1. The Bertz CT molecular complexity index is 1120. The smallest absolute Gasteiger partial charge is 0.0499 e. The molecule has 1 atom stereocenters. The summed E-state index contributed by atoms with van der Waals surface area (Å²) in [5, 5.41) is 1.48. The minimum Gasteiger partial charge on any atom is -0.398 e. The van der Waals surface area contributed by atoms with E-state index in [0.29, 0.717) is 10.7 Å². The Labute approximate surface area is 212 Å². The van der Waals surface area contributed by atoms with Crippen molar-refractivity contribution in [3.8, 4) is 0 Å². The number of nitrogens with zero attached hydrogens (tertiary/aromatic N) is 1. The second-order valence-corrected chi connectivity index (χ2v) is 10.1. The first-order chi connectivity index (χ1) is 15.8. The molecule has 0 saturated heterocycles. The van der Waals surface area contributed by atoms with Crippen molar-refractivity contribution >= 4 is 56.7 Å². The first-order valence-corrected chi connectivity index (χ1v) is 13.2. The number of aryl methyl sites for hydroxylation is 2. The van der Waals surface area contributed by atoms with Crippen molar-refractivity contribution in [1.82, 2.24) is 0 Å². The minimum absolute atomic E-state index is 0.175. The van der Waals surface area contributed by atoms with E-state index < -0.39 is 0 Å². The van der Waals surface area contributed by atoms with E-state index in [1.807, 2.05) is 45.9 Å². The molecule has 3 aromatic rings. The highest BCUT2D eigenvalue weighted by Crippen LogP contribution is 2.39. The van der Waals surface area contributed by atoms with Gasteiger partial charge in [0.2, 0.25) is 0 Å². The third kappa shape index (κ3) is 7.14. The van der Waals surface area contributed by atoms with E-state index in [9.17, 15) is 0 Å². The molecule has 5 heteroatoms. The predicted octanol–water partition coefficient (Wildman–Crippen LogP) is 9.06. The van der Waals surface area contributed by atoms with Crippen LogP contribution in [0.4, 0.5) is 11.4 Å². The molecular weight excluding hydrogens is 467 g/mol. The third-order valence-corrected chi connectivity index (χ3v) is 7.58. The Morgan fingerprint density at radius 2 is 1.73 bits per heavy atom. The monoisotopic (exact) mass is 500 g/mol. The van der Waals surface area contributed by atoms with Gasteiger partial charge in [0.05, 0.1) is 0 Å². The minimum atomic E-state index is -0.175. The van der Waals surface area contributed by atoms with Crippen LogP contribution in [0.15, 0.2) is 72.1 Å². The lowest BCUT2D eigenvalue weighted by Gasteiger charge is -2.33. The van der Waals surface area contributed by atoms with Gasteiger partial charge in [0.25, 0.3) is 0 Å². The van der Waals surface area contributed by atoms with Crippen molar-refractivity contribution in [2.45, 2.75) is 45.4 Å². The first kappa shape index (κ1) is 27.0. The van der Waals surface area contributed by atoms with E-state index in [-0.39, 0.29) is 10.7 Å². The van der Waals surface area contributed by atoms with Gasteiger partial charge in [0.15, 0.2) is 0 Å². The lowest BCUT2D eigenvalue weighted by Crippen LogP contribution is -2.24. The van der Waals surface area contributed by atoms with Gasteiger partial charge >= 0.3 is 0 Å². The zero-order chi connectivity index (χ0) is 24.5. The largest absolute Gasteiger partial charge is 0.398 e. The molecule has 1 aliphatic rings. The molecule has 0 saturated carbocycles. The van der Waals surface area contributed by atoms with Crippen molar-refractivity contribution in [2.24, 2.45) is 0 Å². The second kappa shape index (κ2) is 12.9. The first-order valence-electron chi connectivity index (χ1n) is 11.1. The fraction of sp³-hybridized carbons (Fsp3) is 0.250. The molecule has 0 aliphatic carbocycles. The van der Waals surface area contributed by atoms with Crippen LogP contribution in [0.1, 0.15) is 43.9 Å². The number of nitrogens with two attached hydrogens (primary N) is 1. The van der Waals surface area contributed by atoms with E-state index in [1.165, 1.54) is 29.0 Å². The molecule has 176 valence electrons. The van der Waals surface area contributed by atoms with Crippen LogP contribution < -0.4 is 10.0 Å². The van der Waals surface area contributed by atoms with E-state index in [2.05, 4.69) is 53.2 Å². The van der Waals surface area contributed by atoms with Gasteiger partial charge in [-0.15, -0.1) is 0 Å². The number of allylic oxidation sites excluding steroid dienone is 1. The molecule has 0 fully saturated rings. The molecule has 0 amide bonds. The molecule has 0 radical (unpaired) electrons. The van der Waals surface area contributed by atoms with Gasteiger partial charge in [-0.3, -0.25) is 0 Å². The highest BCUT2D eigenvalue weighted by Gasteiger charge is 2.18. The van der Waals surface area contributed by atoms with Crippen LogP contribution in [0, 0.1) is 6.92 Å². The normalized spacial score (nSPS) is 13.0. The van der Waals surface area contributed by atoms with Crippen LogP contribution in [0.5, 0.6) is 0 Å². The van der Waals surface area contributed by atoms with E-state index in [1.54, 1.807) is 6.07 Å². The lowest BCUT2D eigenvalue weighted by molar-refractivity contribution is 0.795. The summed E-state index contributed by atoms with van der Waals surface area (Å²) in [7, 11) is -0.175. The Morgan fingerprint density at radius 3 is 2.36 bits per heavy atom. The Morgan fingerprint density at radius 1 is 1.03 bits per heavy atom. The number of anilines is 2. The molecule has 0 spiro atoms. The van der Waals surface area contributed by atoms with Crippen LogP contribution in [0.3, 0.4) is 0 Å². The Kier molecular flexibility index (Phi) is 10.6. The highest BCUT2D eigenvalue weighted by molar-refractivity contribution is 8.15. The molecule has 3 aromatic carbocycles. The number of para-hydroxylation sites is 1. The zero-order valence-corrected chi connectivity index (χ0v) is 22.3. The SMILES string of the molecule is C=C(C)c1ccc(Cl)cc1N.C=S(c1ccc(Cl)c(C)c1)N1CCCc2ccccc21.CC. The van der Waals surface area contributed by atoms with E-state index >= 15 is 0 Å². The van der Waals surface area contributed by atoms with Gasteiger partial charge in [0, 0.05) is 32.9 Å². The van der Waals surface area contributed by atoms with Gasteiger partial charge < -0.3 is 10.0 Å². The summed E-state index contributed by atoms with van der Waals surface area (Å²) in [5.41, 5.74) is 12.2. The second-order valence-electron chi connectivity index (χ2n) is 7.62. The maximum Gasteiger partial charge on any atom is 0.0499 e. The number of hydrogen-bond acceptors (Lipinski definition) is 2. The van der Waals surface area contributed by atoms with Gasteiger partial charge in [-0.2, -0.15) is 0 Å². The van der Waals surface area contributed by atoms with E-state index in [0.717, 1.165) is 28.3 Å². The maximum absolute atomic E-state index is 6.12. The molecule has 2 N–H and O–H groups in total. The summed E-state index contributed by atoms with van der Waals surface area (Å²) in [6.07, 6.45) is 2.37. The topological polar surface area (TPSA) is 29.3 Å². The van der Waals surface area contributed by atoms with Crippen LogP contribution in [-0.2, 0) is 6.42 Å². The van der Waals surface area contributed by atoms with Crippen molar-refractivity contribution in [1.29, 1.82) is 0 Å². The standard InChI is InChI=1S/C17H18ClNS.C9H10ClN.C2H6/c1-13-12-15(9-10-16(13)18)20(2)19-11-5-7-14-6-3-4-8-17(14)19;1-6(2)8-4-3-7(10)5-9(8)11;1-2/h3-4,6,8-10,12H,2,5,7,11H2,1H3;3-5H,1,11H2,2H3;1-2H3. The maximum atomic E-state index is 6.12. The third-order valence-electron chi connectivity index (χ3n) is 5.21. The summed E-state index contributed by atoms with van der Waals surface area (Å²) in [6, 6.07) is 20.3. The van der Waals surface area contributed by atoms with Gasteiger partial charge in [-0.05, 0) is 85.4 Å². The summed E-state index contributed by atoms with van der Waals surface area (Å²) in [4.78, 5) is 1.25. The number of benzene rings is 3. The van der Waals surface area contributed by atoms with Crippen LogP contribution in [0.25, 0.3) is 5.57 Å². The van der Waals surface area contributed by atoms with E-state index in [4.69, 9.17) is 28.9 Å². The fourth-order valence-corrected chi connectivity index (χ4v) is 5.40. The van der Waals surface area contributed by atoms with Gasteiger partial charge in [0.1, 0.15) is 0 Å². The molecule has 1 aliphatic heterocycles. The summed E-state index contributed by atoms with van der Waals surface area (Å²) in [5.74, 6) is 4.41. The predicted molar refractivity (Wildman–Crippen MR) is 153 cm³/mol. The molecule has 1 heterocycles. The molecule has 0 aromatic heterocycles. The summed E-state index contributed by atoms with van der Waals surface area (Å²) >= 11 is 11.8. The van der Waals surface area contributed by atoms with Crippen molar-refractivity contribution in [2.75, 3.05) is 16.6 Å². The average Bonchev–Trinajstić information content (AvgIpc) is 2.81. The van der Waals surface area contributed by atoms with Gasteiger partial charge in [-0.25, -0.2) is 0 Å². The fourth-order valence-electron chi connectivity index (χ4n) is 3.54. The molecular formula is C28H34Cl2N2S. The Balaban J connectivity index is 0.000000252. The van der Waals surface area contributed by atoms with Crippen molar-refractivity contribution in [3.63, 3.8) is 0 Å². The quantitative estimate of drug-likeness (QED) is 0.286. The number of hydrogen-bond donors (Lipinski definition) is 1. The number of rotatable bonds is 3. The van der Waals surface area contributed by atoms with Crippen LogP contribution >= 0.6 is 33.9 Å². The average molecular weight is 502 g/mol. The molecule has 1 unspecified atom stereocenters. The number of fused-ring (bicyclic) bond motifs is 1. The molecule has 0 bridgehead atoms. The Hall–Kier alpha value is -2.20. The van der Waals surface area contributed by atoms with Crippen molar-refractivity contribution in [3.05, 3.63) is 94.0 Å². The zero-order valence-electron chi connectivity index (χ0n) is 20.0. The summed E-state index contributed by atoms with van der Waals surface area (Å²) < 4.78 is 2.43. The van der Waals surface area contributed by atoms with Crippen LogP contribution in [-0.4, -0.2) is 12.4 Å². The summed E-state index contributed by atoms with van der Waals surface area (Å²) in [6.45, 7) is 12.8. The molecule has 4 rings (SSSR count). The van der Waals surface area contributed by atoms with Gasteiger partial charge in [-0.1, -0.05) is 84.4 Å². The van der Waals surface area contributed by atoms with Crippen molar-refractivity contribution < 1.29 is 0 Å². The molecule has 33 heavy (non-hydrogen) atoms. The molecule has 2 nitrogen and oxygen atoms in total. The number of halogens is 2. The van der Waals surface area contributed by atoms with Crippen LogP contribution in [0.2, 0.25) is 10.0 Å². The lowest BCUT2D eigenvalue weighted by atomic mass is 10.0.